The van der Waals surface area contributed by atoms with E-state index in [0.29, 0.717) is 0 Å². The summed E-state index contributed by atoms with van der Waals surface area (Å²) in [6.07, 6.45) is 4.29. The van der Waals surface area contributed by atoms with E-state index in [1.54, 1.807) is 6.33 Å². The number of likely N-dealkylation sites (N-methyl/N-ethyl adjacent to an activating group) is 1. The number of benzene rings is 1. The fraction of sp³-hybridized carbons (Fsp3) is 0.312. The summed E-state index contributed by atoms with van der Waals surface area (Å²) in [6.45, 7) is 2.91. The third-order valence-corrected chi connectivity index (χ3v) is 3.79. The SMILES string of the molecule is CCn1ncnc1CC(NC)c1ccnc2ccccc12. The van der Waals surface area contributed by atoms with E-state index < -0.39 is 0 Å². The molecule has 2 aromatic heterocycles. The molecule has 3 aromatic rings. The van der Waals surface area contributed by atoms with Crippen molar-refractivity contribution in [2.45, 2.75) is 25.9 Å². The number of hydrogen-bond donors (Lipinski definition) is 1. The smallest absolute Gasteiger partial charge is 0.138 e. The van der Waals surface area contributed by atoms with Crippen molar-refractivity contribution in [3.05, 3.63) is 54.2 Å². The first-order chi connectivity index (χ1) is 10.3. The second kappa shape index (κ2) is 6.01. The molecule has 0 aliphatic carbocycles. The monoisotopic (exact) mass is 281 g/mol. The highest BCUT2D eigenvalue weighted by Gasteiger charge is 2.16. The lowest BCUT2D eigenvalue weighted by Gasteiger charge is -2.18. The van der Waals surface area contributed by atoms with Gasteiger partial charge < -0.3 is 5.32 Å². The van der Waals surface area contributed by atoms with Crippen LogP contribution < -0.4 is 5.32 Å². The fourth-order valence-electron chi connectivity index (χ4n) is 2.68. The zero-order chi connectivity index (χ0) is 14.7. The molecule has 108 valence electrons. The molecule has 3 rings (SSSR count). The minimum atomic E-state index is 0.187. The van der Waals surface area contributed by atoms with Gasteiger partial charge in [0.1, 0.15) is 12.2 Å². The molecule has 5 heteroatoms. The average molecular weight is 281 g/mol. The van der Waals surface area contributed by atoms with Gasteiger partial charge in [-0.1, -0.05) is 18.2 Å². The molecule has 2 heterocycles. The summed E-state index contributed by atoms with van der Waals surface area (Å²) < 4.78 is 1.94. The van der Waals surface area contributed by atoms with Crippen LogP contribution in [0, 0.1) is 0 Å². The van der Waals surface area contributed by atoms with Gasteiger partial charge in [0.15, 0.2) is 0 Å². The average Bonchev–Trinajstić information content (AvgIpc) is 2.99. The standard InChI is InChI=1S/C16H19N5/c1-3-21-16(19-11-20-21)10-15(17-2)13-8-9-18-14-7-5-4-6-12(13)14/h4-9,11,15,17H,3,10H2,1-2H3. The van der Waals surface area contributed by atoms with E-state index in [1.807, 2.05) is 30.1 Å². The molecule has 5 nitrogen and oxygen atoms in total. The highest BCUT2D eigenvalue weighted by molar-refractivity contribution is 5.82. The van der Waals surface area contributed by atoms with Crippen LogP contribution in [0.4, 0.5) is 0 Å². The minimum absolute atomic E-state index is 0.187. The Labute approximate surface area is 124 Å². The molecule has 0 saturated carbocycles. The lowest BCUT2D eigenvalue weighted by atomic mass is 9.99. The van der Waals surface area contributed by atoms with Crippen LogP contribution in [0.1, 0.15) is 24.4 Å². The Hall–Kier alpha value is -2.27. The fourth-order valence-corrected chi connectivity index (χ4v) is 2.68. The third kappa shape index (κ3) is 2.64. The molecule has 0 radical (unpaired) electrons. The van der Waals surface area contributed by atoms with Gasteiger partial charge in [0.05, 0.1) is 5.52 Å². The molecule has 0 aliphatic rings. The van der Waals surface area contributed by atoms with Gasteiger partial charge in [-0.05, 0) is 31.7 Å². The molecular weight excluding hydrogens is 262 g/mol. The van der Waals surface area contributed by atoms with Crippen molar-refractivity contribution in [2.75, 3.05) is 7.05 Å². The lowest BCUT2D eigenvalue weighted by Crippen LogP contribution is -2.21. The van der Waals surface area contributed by atoms with Crippen LogP contribution in [-0.2, 0) is 13.0 Å². The number of fused-ring (bicyclic) bond motifs is 1. The Morgan fingerprint density at radius 1 is 1.19 bits per heavy atom. The van der Waals surface area contributed by atoms with Gasteiger partial charge in [0.2, 0.25) is 0 Å². The molecule has 0 saturated heterocycles. The van der Waals surface area contributed by atoms with Crippen molar-refractivity contribution in [3.63, 3.8) is 0 Å². The molecule has 0 aliphatic heterocycles. The molecule has 1 N–H and O–H groups in total. The summed E-state index contributed by atoms with van der Waals surface area (Å²) in [5.41, 5.74) is 2.26. The largest absolute Gasteiger partial charge is 0.313 e. The first-order valence-corrected chi connectivity index (χ1v) is 7.21. The number of aromatic nitrogens is 4. The zero-order valence-electron chi connectivity index (χ0n) is 12.3. The van der Waals surface area contributed by atoms with Crippen molar-refractivity contribution in [3.8, 4) is 0 Å². The first-order valence-electron chi connectivity index (χ1n) is 7.21. The van der Waals surface area contributed by atoms with E-state index >= 15 is 0 Å². The third-order valence-electron chi connectivity index (χ3n) is 3.79. The van der Waals surface area contributed by atoms with E-state index in [2.05, 4.69) is 45.5 Å². The van der Waals surface area contributed by atoms with Crippen LogP contribution in [-0.4, -0.2) is 26.8 Å². The lowest BCUT2D eigenvalue weighted by molar-refractivity contribution is 0.536. The van der Waals surface area contributed by atoms with Gasteiger partial charge in [-0.2, -0.15) is 5.10 Å². The van der Waals surface area contributed by atoms with Crippen LogP contribution in [0.2, 0.25) is 0 Å². The van der Waals surface area contributed by atoms with Crippen LogP contribution in [0.25, 0.3) is 10.9 Å². The molecular formula is C16H19N5. The van der Waals surface area contributed by atoms with Gasteiger partial charge in [-0.15, -0.1) is 0 Å². The maximum Gasteiger partial charge on any atom is 0.138 e. The number of aryl methyl sites for hydroxylation is 1. The highest BCUT2D eigenvalue weighted by Crippen LogP contribution is 2.24. The number of nitrogens with zero attached hydrogens (tertiary/aromatic N) is 4. The van der Waals surface area contributed by atoms with E-state index in [0.717, 1.165) is 24.3 Å². The van der Waals surface area contributed by atoms with Crippen LogP contribution in [0.15, 0.2) is 42.9 Å². The number of rotatable bonds is 5. The quantitative estimate of drug-likeness (QED) is 0.780. The Balaban J connectivity index is 1.99. The van der Waals surface area contributed by atoms with Crippen molar-refractivity contribution in [1.29, 1.82) is 0 Å². The summed E-state index contributed by atoms with van der Waals surface area (Å²) >= 11 is 0. The second-order valence-electron chi connectivity index (χ2n) is 4.95. The summed E-state index contributed by atoms with van der Waals surface area (Å²) in [5, 5.41) is 8.82. The first kappa shape index (κ1) is 13.7. The summed E-state index contributed by atoms with van der Waals surface area (Å²) in [6, 6.07) is 10.5. The molecule has 0 amide bonds. The molecule has 1 aromatic carbocycles. The van der Waals surface area contributed by atoms with Gasteiger partial charge in [-0.25, -0.2) is 4.98 Å². The van der Waals surface area contributed by atoms with Crippen molar-refractivity contribution in [2.24, 2.45) is 0 Å². The van der Waals surface area contributed by atoms with E-state index in [9.17, 15) is 0 Å². The molecule has 21 heavy (non-hydrogen) atoms. The van der Waals surface area contributed by atoms with E-state index in [4.69, 9.17) is 0 Å². The second-order valence-corrected chi connectivity index (χ2v) is 4.95. The van der Waals surface area contributed by atoms with Gasteiger partial charge in [-0.3, -0.25) is 9.67 Å². The molecule has 0 bridgehead atoms. The van der Waals surface area contributed by atoms with Gasteiger partial charge in [0, 0.05) is 30.6 Å². The van der Waals surface area contributed by atoms with Crippen molar-refractivity contribution < 1.29 is 0 Å². The van der Waals surface area contributed by atoms with Crippen molar-refractivity contribution >= 4 is 10.9 Å². The molecule has 1 unspecified atom stereocenters. The van der Waals surface area contributed by atoms with Gasteiger partial charge >= 0.3 is 0 Å². The van der Waals surface area contributed by atoms with Gasteiger partial charge in [0.25, 0.3) is 0 Å². The Morgan fingerprint density at radius 3 is 2.86 bits per heavy atom. The van der Waals surface area contributed by atoms with Crippen LogP contribution in [0.3, 0.4) is 0 Å². The van der Waals surface area contributed by atoms with Crippen molar-refractivity contribution in [1.82, 2.24) is 25.1 Å². The van der Waals surface area contributed by atoms with Crippen LogP contribution in [0.5, 0.6) is 0 Å². The zero-order valence-corrected chi connectivity index (χ0v) is 12.3. The van der Waals surface area contributed by atoms with E-state index in [-0.39, 0.29) is 6.04 Å². The predicted octanol–water partition coefficient (Wildman–Crippen LogP) is 2.35. The number of hydrogen-bond acceptors (Lipinski definition) is 4. The topological polar surface area (TPSA) is 55.6 Å². The summed E-state index contributed by atoms with van der Waals surface area (Å²) in [7, 11) is 1.98. The number of pyridine rings is 1. The highest BCUT2D eigenvalue weighted by atomic mass is 15.3. The van der Waals surface area contributed by atoms with Crippen LogP contribution >= 0.6 is 0 Å². The maximum absolute atomic E-state index is 4.43. The molecule has 0 spiro atoms. The Morgan fingerprint density at radius 2 is 2.05 bits per heavy atom. The number of nitrogens with one attached hydrogen (secondary N) is 1. The Kier molecular flexibility index (Phi) is 3.92. The predicted molar refractivity (Wildman–Crippen MR) is 82.9 cm³/mol. The number of para-hydroxylation sites is 1. The Bertz CT molecular complexity index is 729. The normalized spacial score (nSPS) is 12.7. The minimum Gasteiger partial charge on any atom is -0.313 e. The van der Waals surface area contributed by atoms with E-state index in [1.165, 1.54) is 10.9 Å². The maximum atomic E-state index is 4.43. The molecule has 1 atom stereocenters. The summed E-state index contributed by atoms with van der Waals surface area (Å²) in [5.74, 6) is 0.998. The summed E-state index contributed by atoms with van der Waals surface area (Å²) in [4.78, 5) is 8.80. The molecule has 0 fully saturated rings.